The molecule has 2 amide bonds. The molecule has 3 fully saturated rings. The Hall–Kier alpha value is -3.87. The van der Waals surface area contributed by atoms with Gasteiger partial charge >= 0.3 is 6.18 Å². The summed E-state index contributed by atoms with van der Waals surface area (Å²) in [6, 6.07) is 4.48. The second-order valence-electron chi connectivity index (χ2n) is 12.2. The SMILES string of the molecule is COc1cc(C(=O)NC2CCN(C)CC2)ccc1Nc1ncc(C(F)(F)F)c(NC2CCCC/C2=C/NC(=O)C2CCCC2)n1. The highest BCUT2D eigenvalue weighted by Gasteiger charge is 2.36. The van der Waals surface area contributed by atoms with E-state index in [2.05, 4.69) is 43.2 Å². The number of hydrogen-bond donors (Lipinski definition) is 4. The first-order valence-electron chi connectivity index (χ1n) is 15.7. The molecule has 0 bridgehead atoms. The third-order valence-corrected chi connectivity index (χ3v) is 8.95. The van der Waals surface area contributed by atoms with Crippen LogP contribution in [0.2, 0.25) is 0 Å². The van der Waals surface area contributed by atoms with Crippen LogP contribution in [-0.4, -0.2) is 66.0 Å². The van der Waals surface area contributed by atoms with Gasteiger partial charge in [-0.25, -0.2) is 4.98 Å². The number of carbonyl (C=O) groups excluding carboxylic acids is 2. The van der Waals surface area contributed by atoms with Gasteiger partial charge in [-0.3, -0.25) is 9.59 Å². The molecule has 1 aromatic carbocycles. The van der Waals surface area contributed by atoms with Gasteiger partial charge in [0.15, 0.2) is 0 Å². The van der Waals surface area contributed by atoms with E-state index >= 15 is 0 Å². The number of piperidine rings is 1. The number of nitrogens with one attached hydrogen (secondary N) is 4. The minimum absolute atomic E-state index is 0.0104. The number of ether oxygens (including phenoxy) is 1. The van der Waals surface area contributed by atoms with E-state index in [9.17, 15) is 22.8 Å². The Morgan fingerprint density at radius 3 is 2.49 bits per heavy atom. The summed E-state index contributed by atoms with van der Waals surface area (Å²) >= 11 is 0. The number of aromatic nitrogens is 2. The first-order valence-corrected chi connectivity index (χ1v) is 15.7. The molecule has 244 valence electrons. The maximum Gasteiger partial charge on any atom is 0.421 e. The minimum Gasteiger partial charge on any atom is -0.495 e. The molecule has 2 aromatic rings. The third-order valence-electron chi connectivity index (χ3n) is 8.95. The van der Waals surface area contributed by atoms with Crippen molar-refractivity contribution in [2.45, 2.75) is 82.5 Å². The Labute approximate surface area is 261 Å². The molecule has 2 heterocycles. The molecule has 4 N–H and O–H groups in total. The molecule has 1 atom stereocenters. The zero-order valence-corrected chi connectivity index (χ0v) is 25.8. The first kappa shape index (κ1) is 32.5. The molecule has 2 saturated carbocycles. The van der Waals surface area contributed by atoms with Crippen LogP contribution in [0.3, 0.4) is 0 Å². The molecule has 1 aliphatic heterocycles. The third kappa shape index (κ3) is 8.44. The number of nitrogens with zero attached hydrogens (tertiary/aromatic N) is 3. The molecule has 3 aliphatic rings. The highest BCUT2D eigenvalue weighted by atomic mass is 19.4. The number of carbonyl (C=O) groups is 2. The molecule has 1 saturated heterocycles. The lowest BCUT2D eigenvalue weighted by atomic mass is 9.90. The molecule has 5 rings (SSSR count). The smallest absolute Gasteiger partial charge is 0.421 e. The van der Waals surface area contributed by atoms with Crippen LogP contribution in [0.25, 0.3) is 0 Å². The van der Waals surface area contributed by atoms with Crippen LogP contribution in [-0.2, 0) is 11.0 Å². The lowest BCUT2D eigenvalue weighted by Crippen LogP contribution is -2.43. The van der Waals surface area contributed by atoms with Gasteiger partial charge in [0.25, 0.3) is 5.91 Å². The van der Waals surface area contributed by atoms with E-state index in [0.717, 1.165) is 76.2 Å². The molecule has 0 spiro atoms. The van der Waals surface area contributed by atoms with Crippen molar-refractivity contribution in [3.05, 3.63) is 47.3 Å². The van der Waals surface area contributed by atoms with Crippen molar-refractivity contribution in [1.29, 1.82) is 0 Å². The van der Waals surface area contributed by atoms with Crippen LogP contribution in [0.15, 0.2) is 36.2 Å². The van der Waals surface area contributed by atoms with E-state index in [0.29, 0.717) is 29.8 Å². The zero-order chi connectivity index (χ0) is 32.0. The van der Waals surface area contributed by atoms with Crippen molar-refractivity contribution >= 4 is 29.3 Å². The fourth-order valence-corrected chi connectivity index (χ4v) is 6.25. The summed E-state index contributed by atoms with van der Waals surface area (Å²) in [5.74, 6) is -0.366. The highest BCUT2D eigenvalue weighted by Crippen LogP contribution is 2.37. The maximum absolute atomic E-state index is 14.0. The predicted octanol–water partition coefficient (Wildman–Crippen LogP) is 5.62. The van der Waals surface area contributed by atoms with Gasteiger partial charge in [-0.1, -0.05) is 19.3 Å². The van der Waals surface area contributed by atoms with E-state index in [1.54, 1.807) is 24.4 Å². The summed E-state index contributed by atoms with van der Waals surface area (Å²) in [6.45, 7) is 1.83. The lowest BCUT2D eigenvalue weighted by Gasteiger charge is -2.29. The number of benzene rings is 1. The highest BCUT2D eigenvalue weighted by molar-refractivity contribution is 5.95. The van der Waals surface area contributed by atoms with E-state index in [1.807, 2.05) is 0 Å². The molecule has 1 unspecified atom stereocenters. The van der Waals surface area contributed by atoms with Crippen molar-refractivity contribution < 1.29 is 27.5 Å². The minimum atomic E-state index is -4.68. The van der Waals surface area contributed by atoms with Crippen LogP contribution in [0.5, 0.6) is 5.75 Å². The van der Waals surface area contributed by atoms with Gasteiger partial charge < -0.3 is 30.9 Å². The Morgan fingerprint density at radius 2 is 1.78 bits per heavy atom. The molecule has 10 nitrogen and oxygen atoms in total. The van der Waals surface area contributed by atoms with Crippen molar-refractivity contribution in [2.24, 2.45) is 5.92 Å². The van der Waals surface area contributed by atoms with Gasteiger partial charge in [-0.15, -0.1) is 0 Å². The fourth-order valence-electron chi connectivity index (χ4n) is 6.25. The second kappa shape index (κ2) is 14.5. The summed E-state index contributed by atoms with van der Waals surface area (Å²) < 4.78 is 47.6. The number of likely N-dealkylation sites (tertiary alicyclic amines) is 1. The van der Waals surface area contributed by atoms with E-state index in [1.165, 1.54) is 7.11 Å². The normalized spacial score (nSPS) is 21.0. The number of amides is 2. The topological polar surface area (TPSA) is 121 Å². The number of methoxy groups -OCH3 is 1. The number of alkyl halides is 3. The number of hydrogen-bond acceptors (Lipinski definition) is 8. The quantitative estimate of drug-likeness (QED) is 0.282. The zero-order valence-electron chi connectivity index (χ0n) is 25.8. The lowest BCUT2D eigenvalue weighted by molar-refractivity contribution is -0.137. The Morgan fingerprint density at radius 1 is 1.04 bits per heavy atom. The van der Waals surface area contributed by atoms with Crippen molar-refractivity contribution in [3.8, 4) is 5.75 Å². The van der Waals surface area contributed by atoms with E-state index < -0.39 is 17.8 Å². The summed E-state index contributed by atoms with van der Waals surface area (Å²) in [7, 11) is 3.50. The summed E-state index contributed by atoms with van der Waals surface area (Å²) in [5.41, 5.74) is 0.654. The molecular weight excluding hydrogens is 587 g/mol. The maximum atomic E-state index is 14.0. The average Bonchev–Trinajstić information content (AvgIpc) is 3.57. The van der Waals surface area contributed by atoms with E-state index in [-0.39, 0.29) is 35.5 Å². The summed E-state index contributed by atoms with van der Waals surface area (Å²) in [6.07, 6.45) is 6.25. The summed E-state index contributed by atoms with van der Waals surface area (Å²) in [4.78, 5) is 35.9. The van der Waals surface area contributed by atoms with Gasteiger partial charge in [-0.05, 0) is 88.9 Å². The largest absolute Gasteiger partial charge is 0.495 e. The molecule has 45 heavy (non-hydrogen) atoms. The van der Waals surface area contributed by atoms with Crippen molar-refractivity contribution in [3.63, 3.8) is 0 Å². The second-order valence-corrected chi connectivity index (χ2v) is 12.2. The number of anilines is 3. The van der Waals surface area contributed by atoms with Crippen LogP contribution in [0.1, 0.15) is 80.1 Å². The van der Waals surface area contributed by atoms with Crippen LogP contribution in [0, 0.1) is 5.92 Å². The molecule has 0 radical (unpaired) electrons. The first-order chi connectivity index (χ1) is 21.6. The average molecular weight is 630 g/mol. The molecular formula is C32H42F3N7O3. The molecule has 1 aromatic heterocycles. The summed E-state index contributed by atoms with van der Waals surface area (Å²) in [5, 5.41) is 11.9. The van der Waals surface area contributed by atoms with Gasteiger partial charge in [-0.2, -0.15) is 18.2 Å². The van der Waals surface area contributed by atoms with Gasteiger partial charge in [0, 0.05) is 29.9 Å². The van der Waals surface area contributed by atoms with Crippen LogP contribution in [0.4, 0.5) is 30.6 Å². The van der Waals surface area contributed by atoms with Crippen LogP contribution >= 0.6 is 0 Å². The molecule has 2 aliphatic carbocycles. The van der Waals surface area contributed by atoms with Crippen LogP contribution < -0.4 is 26.0 Å². The Kier molecular flexibility index (Phi) is 10.5. The van der Waals surface area contributed by atoms with Crippen molar-refractivity contribution in [2.75, 3.05) is 37.9 Å². The standard InChI is InChI=1S/C32H42F3N7O3/c1-42-15-13-23(14-16-42)38-30(44)21-11-12-26(27(17-21)45-2)40-31-37-19-24(32(33,34)35)28(41-31)39-25-10-6-5-9-22(25)18-36-29(43)20-7-3-4-8-20/h11-12,17-20,23,25H,3-10,13-16H2,1-2H3,(H,36,43)(H,38,44)(H2,37,39,40,41)/b22-18-. The van der Waals surface area contributed by atoms with Gasteiger partial charge in [0.05, 0.1) is 18.8 Å². The molecule has 13 heteroatoms. The number of halogens is 3. The number of rotatable bonds is 9. The Balaban J connectivity index is 1.32. The van der Waals surface area contributed by atoms with E-state index in [4.69, 9.17) is 4.74 Å². The van der Waals surface area contributed by atoms with Gasteiger partial charge in [0.2, 0.25) is 11.9 Å². The fraction of sp³-hybridized carbons (Fsp3) is 0.562. The predicted molar refractivity (Wildman–Crippen MR) is 165 cm³/mol. The van der Waals surface area contributed by atoms with Crippen molar-refractivity contribution in [1.82, 2.24) is 25.5 Å². The monoisotopic (exact) mass is 629 g/mol. The Bertz CT molecular complexity index is 1390. The van der Waals surface area contributed by atoms with Gasteiger partial charge in [0.1, 0.15) is 17.1 Å².